The third kappa shape index (κ3) is 5.15. The minimum absolute atomic E-state index is 0.0122. The lowest BCUT2D eigenvalue weighted by Crippen LogP contribution is -2.44. The van der Waals surface area contributed by atoms with E-state index in [1.165, 1.54) is 24.3 Å². The highest BCUT2D eigenvalue weighted by Gasteiger charge is 2.34. The van der Waals surface area contributed by atoms with E-state index in [9.17, 15) is 14.9 Å². The Morgan fingerprint density at radius 2 is 2.16 bits per heavy atom. The van der Waals surface area contributed by atoms with E-state index >= 15 is 0 Å². The van der Waals surface area contributed by atoms with E-state index in [1.54, 1.807) is 0 Å². The van der Waals surface area contributed by atoms with Crippen LogP contribution in [0.2, 0.25) is 0 Å². The zero-order valence-corrected chi connectivity index (χ0v) is 13.6. The number of nitro groups is 1. The van der Waals surface area contributed by atoms with Gasteiger partial charge in [-0.25, -0.2) is 4.79 Å². The van der Waals surface area contributed by atoms with Gasteiger partial charge in [-0.1, -0.05) is 5.11 Å². The molecular weight excluding hydrogens is 332 g/mol. The zero-order valence-electron chi connectivity index (χ0n) is 13.6. The van der Waals surface area contributed by atoms with Crippen molar-refractivity contribution in [3.63, 3.8) is 0 Å². The molecule has 10 heteroatoms. The number of ether oxygens (including phenoxy) is 3. The van der Waals surface area contributed by atoms with Crippen LogP contribution in [0, 0.1) is 10.1 Å². The molecule has 0 N–H and O–H groups in total. The van der Waals surface area contributed by atoms with Crippen LogP contribution in [0.25, 0.3) is 10.4 Å². The molecule has 1 heterocycles. The maximum atomic E-state index is 12.2. The normalized spacial score (nSPS) is 22.7. The van der Waals surface area contributed by atoms with Gasteiger partial charge in [0.25, 0.3) is 5.69 Å². The Hall–Kier alpha value is -2.68. The summed E-state index contributed by atoms with van der Waals surface area (Å²) in [5, 5.41) is 14.1. The zero-order chi connectivity index (χ0) is 18.2. The second-order valence-corrected chi connectivity index (χ2v) is 5.30. The number of hydrogen-bond donors (Lipinski definition) is 0. The Kier molecular flexibility index (Phi) is 6.70. The van der Waals surface area contributed by atoms with E-state index in [1.807, 2.05) is 6.92 Å². The average molecular weight is 350 g/mol. The minimum atomic E-state index is -0.621. The number of carbonyl (C=O) groups excluding carboxylic acids is 1. The number of benzene rings is 1. The number of non-ortho nitro benzene ring substituents is 1. The Balaban J connectivity index is 2.03. The molecule has 0 bridgehead atoms. The summed E-state index contributed by atoms with van der Waals surface area (Å²) in [5.74, 6) is -0.621. The van der Waals surface area contributed by atoms with Crippen molar-refractivity contribution < 1.29 is 23.9 Å². The lowest BCUT2D eigenvalue weighted by molar-refractivity contribution is -0.384. The average Bonchev–Trinajstić information content (AvgIpc) is 2.62. The summed E-state index contributed by atoms with van der Waals surface area (Å²) in [7, 11) is 0. The highest BCUT2D eigenvalue weighted by Crippen LogP contribution is 2.25. The molecule has 0 amide bonds. The van der Waals surface area contributed by atoms with E-state index < -0.39 is 29.4 Å². The summed E-state index contributed by atoms with van der Waals surface area (Å²) in [5.41, 5.74) is 8.57. The first kappa shape index (κ1) is 18.7. The van der Waals surface area contributed by atoms with Crippen LogP contribution in [-0.2, 0) is 14.2 Å². The smallest absolute Gasteiger partial charge is 0.338 e. The number of nitrogens with zero attached hydrogens (tertiary/aromatic N) is 4. The molecule has 0 spiro atoms. The minimum Gasteiger partial charge on any atom is -0.456 e. The summed E-state index contributed by atoms with van der Waals surface area (Å²) in [6, 6.07) is 5.12. The van der Waals surface area contributed by atoms with E-state index in [0.717, 1.165) is 0 Å². The Labute approximate surface area is 143 Å². The fraction of sp³-hybridized carbons (Fsp3) is 0.533. The molecule has 25 heavy (non-hydrogen) atoms. The molecule has 0 saturated carbocycles. The quantitative estimate of drug-likeness (QED) is 0.185. The van der Waals surface area contributed by atoms with Crippen molar-refractivity contribution >= 4 is 11.7 Å². The van der Waals surface area contributed by atoms with E-state index in [4.69, 9.17) is 19.7 Å². The molecule has 2 rings (SSSR count). The lowest BCUT2D eigenvalue weighted by atomic mass is 10.0. The molecule has 1 aromatic rings. The van der Waals surface area contributed by atoms with Gasteiger partial charge in [0, 0.05) is 30.1 Å². The van der Waals surface area contributed by atoms with Crippen molar-refractivity contribution in [3.05, 3.63) is 50.4 Å². The van der Waals surface area contributed by atoms with Crippen LogP contribution < -0.4 is 0 Å². The molecule has 1 fully saturated rings. The predicted octanol–water partition coefficient (Wildman–Crippen LogP) is 2.97. The molecule has 1 aliphatic heterocycles. The van der Waals surface area contributed by atoms with Gasteiger partial charge in [0.2, 0.25) is 0 Å². The number of hydrogen-bond acceptors (Lipinski definition) is 7. The fourth-order valence-electron chi connectivity index (χ4n) is 2.48. The van der Waals surface area contributed by atoms with Gasteiger partial charge in [-0.2, -0.15) is 0 Å². The number of carbonyl (C=O) groups is 1. The Bertz CT molecular complexity index is 658. The molecule has 3 atom stereocenters. The standard InChI is InChI=1S/C15H18N4O6/c1-2-23-14-8-7-12(13(24-14)9-17-18-16)25-15(20)10-3-5-11(6-4-10)19(21)22/h3-6,12-14H,2,7-9H2,1H3/t12-,13-,14-/m1/s1. The van der Waals surface area contributed by atoms with Gasteiger partial charge >= 0.3 is 5.97 Å². The van der Waals surface area contributed by atoms with Crippen LogP contribution in [0.5, 0.6) is 0 Å². The third-order valence-electron chi connectivity index (χ3n) is 3.68. The summed E-state index contributed by atoms with van der Waals surface area (Å²) in [4.78, 5) is 25.0. The molecule has 0 aliphatic carbocycles. The monoisotopic (exact) mass is 350 g/mol. The van der Waals surface area contributed by atoms with Crippen molar-refractivity contribution in [1.82, 2.24) is 0 Å². The van der Waals surface area contributed by atoms with Gasteiger partial charge in [0.05, 0.1) is 17.0 Å². The molecule has 10 nitrogen and oxygen atoms in total. The van der Waals surface area contributed by atoms with Gasteiger partial charge < -0.3 is 14.2 Å². The largest absolute Gasteiger partial charge is 0.456 e. The van der Waals surface area contributed by atoms with Crippen LogP contribution in [0.15, 0.2) is 29.4 Å². The highest BCUT2D eigenvalue weighted by atomic mass is 16.7. The summed E-state index contributed by atoms with van der Waals surface area (Å²) >= 11 is 0. The van der Waals surface area contributed by atoms with Gasteiger partial charge in [-0.3, -0.25) is 10.1 Å². The third-order valence-corrected chi connectivity index (χ3v) is 3.68. The molecule has 1 saturated heterocycles. The first-order valence-electron chi connectivity index (χ1n) is 7.78. The number of rotatable bonds is 7. The van der Waals surface area contributed by atoms with E-state index in [2.05, 4.69) is 10.0 Å². The maximum Gasteiger partial charge on any atom is 0.338 e. The van der Waals surface area contributed by atoms with Crippen LogP contribution >= 0.6 is 0 Å². The van der Waals surface area contributed by atoms with Crippen LogP contribution in [0.1, 0.15) is 30.1 Å². The van der Waals surface area contributed by atoms with Gasteiger partial charge in [0.1, 0.15) is 12.2 Å². The van der Waals surface area contributed by atoms with Crippen LogP contribution in [0.3, 0.4) is 0 Å². The van der Waals surface area contributed by atoms with Gasteiger partial charge in [0.15, 0.2) is 6.29 Å². The molecular formula is C15H18N4O6. The summed E-state index contributed by atoms with van der Waals surface area (Å²) in [6.07, 6.45) is -0.598. The van der Waals surface area contributed by atoms with Crippen molar-refractivity contribution in [3.8, 4) is 0 Å². The SMILES string of the molecule is CCO[C@H]1CC[C@@H](OC(=O)c2ccc([N+](=O)[O-])cc2)[C@@H](CN=[N+]=[N-])O1. The van der Waals surface area contributed by atoms with Gasteiger partial charge in [-0.05, 0) is 31.0 Å². The van der Waals surface area contributed by atoms with Crippen molar-refractivity contribution in [2.75, 3.05) is 13.2 Å². The second-order valence-electron chi connectivity index (χ2n) is 5.30. The van der Waals surface area contributed by atoms with Crippen molar-refractivity contribution in [2.45, 2.75) is 38.3 Å². The van der Waals surface area contributed by atoms with Crippen molar-refractivity contribution in [1.29, 1.82) is 0 Å². The number of nitro benzene ring substituents is 1. The molecule has 1 aliphatic rings. The van der Waals surface area contributed by atoms with E-state index in [0.29, 0.717) is 19.4 Å². The summed E-state index contributed by atoms with van der Waals surface area (Å²) < 4.78 is 16.5. The second kappa shape index (κ2) is 8.97. The number of esters is 1. The topological polar surface area (TPSA) is 137 Å². The highest BCUT2D eigenvalue weighted by molar-refractivity contribution is 5.89. The molecule has 0 aromatic heterocycles. The molecule has 1 aromatic carbocycles. The maximum absolute atomic E-state index is 12.2. The van der Waals surface area contributed by atoms with E-state index in [-0.39, 0.29) is 17.8 Å². The molecule has 0 unspecified atom stereocenters. The van der Waals surface area contributed by atoms with Gasteiger partial charge in [-0.15, -0.1) is 0 Å². The first-order chi connectivity index (χ1) is 12.0. The fourth-order valence-corrected chi connectivity index (χ4v) is 2.48. The lowest BCUT2D eigenvalue weighted by Gasteiger charge is -2.35. The Morgan fingerprint density at radius 1 is 1.44 bits per heavy atom. The predicted molar refractivity (Wildman–Crippen MR) is 85.8 cm³/mol. The van der Waals surface area contributed by atoms with Crippen molar-refractivity contribution in [2.24, 2.45) is 5.11 Å². The van der Waals surface area contributed by atoms with Crippen LogP contribution in [0.4, 0.5) is 5.69 Å². The molecule has 134 valence electrons. The molecule has 0 radical (unpaired) electrons. The number of azide groups is 1. The summed E-state index contributed by atoms with van der Waals surface area (Å²) in [6.45, 7) is 2.33. The van der Waals surface area contributed by atoms with Crippen LogP contribution in [-0.4, -0.2) is 42.5 Å². The Morgan fingerprint density at radius 3 is 2.76 bits per heavy atom. The first-order valence-corrected chi connectivity index (χ1v) is 7.78.